The molecule has 0 spiro atoms. The average molecular weight is 416 g/mol. The van der Waals surface area contributed by atoms with Crippen molar-refractivity contribution in [2.45, 2.75) is 13.0 Å². The number of amides is 2. The van der Waals surface area contributed by atoms with Gasteiger partial charge < -0.3 is 4.90 Å². The zero-order valence-electron chi connectivity index (χ0n) is 16.7. The Kier molecular flexibility index (Phi) is 5.91. The summed E-state index contributed by atoms with van der Waals surface area (Å²) in [7, 11) is 0. The maximum Gasteiger partial charge on any atom is 0.274 e. The number of hydroxylamine groups is 1. The highest BCUT2D eigenvalue weighted by Crippen LogP contribution is 2.26. The molecule has 0 unspecified atom stereocenters. The fraction of sp³-hybridized carbons (Fsp3) is 0.120. The normalized spacial score (nSPS) is 13.5. The molecular weight excluding hydrogens is 395 g/mol. The van der Waals surface area contributed by atoms with Crippen molar-refractivity contribution in [1.29, 1.82) is 0 Å². The number of carbonyl (C=O) groups is 2. The fourth-order valence-electron chi connectivity index (χ4n) is 3.75. The smallest absolute Gasteiger partial charge is 0.274 e. The van der Waals surface area contributed by atoms with E-state index in [-0.39, 0.29) is 5.91 Å². The monoisotopic (exact) mass is 416 g/mol. The van der Waals surface area contributed by atoms with Crippen LogP contribution in [0.4, 0.5) is 4.39 Å². The third-order valence-corrected chi connectivity index (χ3v) is 5.35. The number of nitrogens with zero attached hydrogens (tertiary/aromatic N) is 1. The second-order valence-electron chi connectivity index (χ2n) is 7.38. The summed E-state index contributed by atoms with van der Waals surface area (Å²) in [6, 6.07) is 20.6. The van der Waals surface area contributed by atoms with E-state index in [1.54, 1.807) is 40.7 Å². The molecule has 0 aromatic heterocycles. The van der Waals surface area contributed by atoms with Crippen LogP contribution in [0.25, 0.3) is 11.6 Å². The molecule has 4 rings (SSSR count). The lowest BCUT2D eigenvalue weighted by Gasteiger charge is -2.30. The Bertz CT molecular complexity index is 1160. The molecule has 156 valence electrons. The minimum absolute atomic E-state index is 0.211. The number of benzene rings is 3. The summed E-state index contributed by atoms with van der Waals surface area (Å²) in [5.41, 5.74) is 5.60. The van der Waals surface area contributed by atoms with E-state index in [0.717, 1.165) is 16.7 Å². The maximum absolute atomic E-state index is 13.9. The summed E-state index contributed by atoms with van der Waals surface area (Å²) < 4.78 is 13.9. The minimum Gasteiger partial charge on any atom is -0.334 e. The zero-order chi connectivity index (χ0) is 21.8. The van der Waals surface area contributed by atoms with Crippen molar-refractivity contribution < 1.29 is 19.2 Å². The third kappa shape index (κ3) is 4.54. The van der Waals surface area contributed by atoms with Crippen LogP contribution >= 0.6 is 0 Å². The summed E-state index contributed by atoms with van der Waals surface area (Å²) in [6.07, 6.45) is 2.41. The molecule has 5 nitrogen and oxygen atoms in total. The zero-order valence-corrected chi connectivity index (χ0v) is 16.7. The number of carbonyl (C=O) groups excluding carboxylic acids is 2. The van der Waals surface area contributed by atoms with Gasteiger partial charge in [-0.25, -0.2) is 9.87 Å². The number of hydrogen-bond donors (Lipinski definition) is 2. The molecule has 0 saturated carbocycles. The molecule has 0 saturated heterocycles. The Balaban J connectivity index is 1.68. The van der Waals surface area contributed by atoms with Gasteiger partial charge in [-0.1, -0.05) is 48.5 Å². The molecule has 1 aliphatic rings. The molecule has 0 aliphatic carbocycles. The van der Waals surface area contributed by atoms with Crippen LogP contribution in [0.3, 0.4) is 0 Å². The van der Waals surface area contributed by atoms with Crippen LogP contribution in [-0.2, 0) is 17.8 Å². The van der Waals surface area contributed by atoms with Crippen molar-refractivity contribution in [3.63, 3.8) is 0 Å². The maximum atomic E-state index is 13.9. The Hall–Kier alpha value is -3.77. The van der Waals surface area contributed by atoms with Crippen molar-refractivity contribution in [3.8, 4) is 0 Å². The topological polar surface area (TPSA) is 69.6 Å². The molecule has 1 heterocycles. The first-order valence-corrected chi connectivity index (χ1v) is 9.93. The van der Waals surface area contributed by atoms with E-state index in [4.69, 9.17) is 5.21 Å². The minimum atomic E-state index is -0.601. The molecule has 6 heteroatoms. The number of halogens is 1. The van der Waals surface area contributed by atoms with E-state index in [9.17, 15) is 14.0 Å². The predicted molar refractivity (Wildman–Crippen MR) is 116 cm³/mol. The molecular formula is C25H21FN2O3. The second-order valence-corrected chi connectivity index (χ2v) is 7.38. The van der Waals surface area contributed by atoms with Gasteiger partial charge in [-0.3, -0.25) is 14.8 Å². The first-order chi connectivity index (χ1) is 15.0. The lowest BCUT2D eigenvalue weighted by molar-refractivity contribution is -0.125. The van der Waals surface area contributed by atoms with Gasteiger partial charge in [0.15, 0.2) is 0 Å². The quantitative estimate of drug-likeness (QED) is 0.292. The van der Waals surface area contributed by atoms with Gasteiger partial charge in [0.1, 0.15) is 5.82 Å². The number of fused-ring (bicyclic) bond motifs is 1. The molecule has 2 amide bonds. The molecule has 0 atom stereocenters. The van der Waals surface area contributed by atoms with Crippen LogP contribution in [0, 0.1) is 5.82 Å². The van der Waals surface area contributed by atoms with Crippen LogP contribution in [0.15, 0.2) is 72.8 Å². The highest BCUT2D eigenvalue weighted by atomic mass is 19.1. The van der Waals surface area contributed by atoms with E-state index >= 15 is 0 Å². The van der Waals surface area contributed by atoms with E-state index in [1.165, 1.54) is 12.1 Å². The van der Waals surface area contributed by atoms with Crippen molar-refractivity contribution >= 4 is 23.5 Å². The van der Waals surface area contributed by atoms with E-state index in [2.05, 4.69) is 0 Å². The fourth-order valence-corrected chi connectivity index (χ4v) is 3.75. The summed E-state index contributed by atoms with van der Waals surface area (Å²) in [6.45, 7) is 0.834. The Labute approximate surface area is 179 Å². The standard InChI is InChI=1S/C25H21FN2O3/c26-22-8-4-7-19(15-22)23(13-17-5-2-1-3-6-17)25(30)28-12-11-18-9-10-20(24(29)27-31)14-21(18)16-28/h1-10,13-15,31H,11-12,16H2,(H,27,29)/b23-13-. The summed E-state index contributed by atoms with van der Waals surface area (Å²) >= 11 is 0. The molecule has 31 heavy (non-hydrogen) atoms. The van der Waals surface area contributed by atoms with E-state index in [0.29, 0.717) is 36.2 Å². The van der Waals surface area contributed by atoms with Crippen molar-refractivity contribution in [2.75, 3.05) is 6.54 Å². The third-order valence-electron chi connectivity index (χ3n) is 5.35. The number of hydrogen-bond acceptors (Lipinski definition) is 3. The number of nitrogens with one attached hydrogen (secondary N) is 1. The van der Waals surface area contributed by atoms with Crippen molar-refractivity contribution in [3.05, 3.63) is 106 Å². The van der Waals surface area contributed by atoms with Gasteiger partial charge in [-0.05, 0) is 59.0 Å². The molecule has 0 radical (unpaired) electrons. The molecule has 3 aromatic rings. The Morgan fingerprint density at radius 2 is 1.74 bits per heavy atom. The van der Waals surface area contributed by atoms with Gasteiger partial charge >= 0.3 is 0 Å². The van der Waals surface area contributed by atoms with Crippen LogP contribution in [0.1, 0.15) is 32.6 Å². The SMILES string of the molecule is O=C(NO)c1ccc2c(c1)CN(C(=O)/C(=C\c1ccccc1)c1cccc(F)c1)CC2. The predicted octanol–water partition coefficient (Wildman–Crippen LogP) is 4.07. The van der Waals surface area contributed by atoms with Gasteiger partial charge in [-0.2, -0.15) is 0 Å². The van der Waals surface area contributed by atoms with Gasteiger partial charge in [0, 0.05) is 24.2 Å². The average Bonchev–Trinajstić information content (AvgIpc) is 2.81. The van der Waals surface area contributed by atoms with Gasteiger partial charge in [0.25, 0.3) is 11.8 Å². The lowest BCUT2D eigenvalue weighted by Crippen LogP contribution is -2.36. The number of rotatable bonds is 4. The second kappa shape index (κ2) is 8.93. The summed E-state index contributed by atoms with van der Waals surface area (Å²) in [4.78, 5) is 27.0. The molecule has 0 fully saturated rings. The highest BCUT2D eigenvalue weighted by molar-refractivity contribution is 6.24. The Morgan fingerprint density at radius 1 is 0.935 bits per heavy atom. The van der Waals surface area contributed by atoms with Crippen molar-refractivity contribution in [2.24, 2.45) is 0 Å². The van der Waals surface area contributed by atoms with Crippen LogP contribution in [0.2, 0.25) is 0 Å². The summed E-state index contributed by atoms with van der Waals surface area (Å²) in [5, 5.41) is 8.89. The molecule has 1 aliphatic heterocycles. The molecule has 2 N–H and O–H groups in total. The first-order valence-electron chi connectivity index (χ1n) is 9.93. The van der Waals surface area contributed by atoms with Gasteiger partial charge in [0.2, 0.25) is 0 Å². The van der Waals surface area contributed by atoms with Crippen LogP contribution in [-0.4, -0.2) is 28.5 Å². The van der Waals surface area contributed by atoms with Crippen molar-refractivity contribution in [1.82, 2.24) is 10.4 Å². The van der Waals surface area contributed by atoms with Gasteiger partial charge in [0.05, 0.1) is 0 Å². The Morgan fingerprint density at radius 3 is 2.48 bits per heavy atom. The summed E-state index contributed by atoms with van der Waals surface area (Å²) in [5.74, 6) is -1.22. The molecule has 0 bridgehead atoms. The highest BCUT2D eigenvalue weighted by Gasteiger charge is 2.25. The largest absolute Gasteiger partial charge is 0.334 e. The van der Waals surface area contributed by atoms with Crippen LogP contribution < -0.4 is 5.48 Å². The first kappa shape index (κ1) is 20.5. The molecule has 3 aromatic carbocycles. The van der Waals surface area contributed by atoms with E-state index in [1.807, 2.05) is 36.4 Å². The van der Waals surface area contributed by atoms with Crippen LogP contribution in [0.5, 0.6) is 0 Å². The lowest BCUT2D eigenvalue weighted by atomic mass is 9.95. The van der Waals surface area contributed by atoms with Gasteiger partial charge in [-0.15, -0.1) is 0 Å². The van der Waals surface area contributed by atoms with E-state index < -0.39 is 11.7 Å².